The molecule has 0 radical (unpaired) electrons. The fourth-order valence-corrected chi connectivity index (χ4v) is 3.11. The highest BCUT2D eigenvalue weighted by molar-refractivity contribution is 6.18. The smallest absolute Gasteiger partial charge is 0.328 e. The highest BCUT2D eigenvalue weighted by Gasteiger charge is 2.13. The van der Waals surface area contributed by atoms with Gasteiger partial charge in [0.15, 0.2) is 0 Å². The van der Waals surface area contributed by atoms with E-state index in [-0.39, 0.29) is 23.5 Å². The summed E-state index contributed by atoms with van der Waals surface area (Å²) in [4.78, 5) is 25.3. The third-order valence-corrected chi connectivity index (χ3v) is 4.77. The lowest BCUT2D eigenvalue weighted by Crippen LogP contribution is -2.16. The van der Waals surface area contributed by atoms with E-state index in [1.165, 1.54) is 6.07 Å². The normalized spacial score (nSPS) is 10.5. The van der Waals surface area contributed by atoms with Crippen LogP contribution in [0.25, 0.3) is 10.9 Å². The molecule has 4 aromatic rings. The van der Waals surface area contributed by atoms with Gasteiger partial charge in [-0.2, -0.15) is 20.2 Å². The van der Waals surface area contributed by atoms with E-state index in [0.717, 1.165) is 10.9 Å². The molecule has 32 heavy (non-hydrogen) atoms. The number of nitrogens with zero attached hydrogens (tertiary/aromatic N) is 5. The molecule has 9 nitrogen and oxygen atoms in total. The fraction of sp³-hybridized carbons (Fsp3) is 0.136. The van der Waals surface area contributed by atoms with Gasteiger partial charge in [-0.25, -0.2) is 0 Å². The molecule has 0 aliphatic heterocycles. The quantitative estimate of drug-likeness (QED) is 0.411. The second-order valence-corrected chi connectivity index (χ2v) is 7.10. The van der Waals surface area contributed by atoms with Crippen molar-refractivity contribution in [3.8, 4) is 17.8 Å². The summed E-state index contributed by atoms with van der Waals surface area (Å²) in [7, 11) is 1.70. The van der Waals surface area contributed by atoms with Crippen LogP contribution < -0.4 is 20.9 Å². The van der Waals surface area contributed by atoms with Gasteiger partial charge in [0.05, 0.1) is 17.1 Å². The lowest BCUT2D eigenvalue weighted by Gasteiger charge is -2.12. The number of aromatic nitrogens is 4. The minimum absolute atomic E-state index is 0.00613. The SMILES string of the molecule is Cn1c(=O)cc(Oc2nc(NCCCl)nc(Nc3ccc(C#N)cc3)n2)c2ccccc21. The first-order valence-corrected chi connectivity index (χ1v) is 10.2. The first-order chi connectivity index (χ1) is 15.6. The number of nitrogens with one attached hydrogen (secondary N) is 2. The molecule has 2 aromatic heterocycles. The Morgan fingerprint density at radius 2 is 1.84 bits per heavy atom. The Kier molecular flexibility index (Phi) is 6.14. The number of hydrogen-bond donors (Lipinski definition) is 2. The van der Waals surface area contributed by atoms with Crippen LogP contribution in [-0.4, -0.2) is 31.9 Å². The Morgan fingerprint density at radius 1 is 1.09 bits per heavy atom. The average molecular weight is 448 g/mol. The van der Waals surface area contributed by atoms with E-state index in [9.17, 15) is 4.79 Å². The van der Waals surface area contributed by atoms with E-state index in [4.69, 9.17) is 21.6 Å². The van der Waals surface area contributed by atoms with Gasteiger partial charge in [-0.15, -0.1) is 11.6 Å². The molecule has 0 bridgehead atoms. The molecule has 160 valence electrons. The Bertz CT molecular complexity index is 1360. The maximum atomic E-state index is 12.4. The monoisotopic (exact) mass is 447 g/mol. The summed E-state index contributed by atoms with van der Waals surface area (Å²) in [6, 6.07) is 17.7. The Morgan fingerprint density at radius 3 is 2.59 bits per heavy atom. The van der Waals surface area contributed by atoms with Crippen LogP contribution in [0.4, 0.5) is 17.6 Å². The van der Waals surface area contributed by atoms with E-state index >= 15 is 0 Å². The van der Waals surface area contributed by atoms with Gasteiger partial charge in [-0.05, 0) is 36.4 Å². The predicted octanol–water partition coefficient (Wildman–Crippen LogP) is 3.78. The summed E-state index contributed by atoms with van der Waals surface area (Å²) >= 11 is 5.77. The largest absolute Gasteiger partial charge is 0.423 e. The molecule has 0 saturated heterocycles. The predicted molar refractivity (Wildman–Crippen MR) is 123 cm³/mol. The number of benzene rings is 2. The van der Waals surface area contributed by atoms with Crippen LogP contribution in [0.5, 0.6) is 11.8 Å². The number of hydrogen-bond acceptors (Lipinski definition) is 8. The Labute approximate surface area is 188 Å². The second-order valence-electron chi connectivity index (χ2n) is 6.72. The molecule has 0 spiro atoms. The maximum Gasteiger partial charge on any atom is 0.328 e. The molecular formula is C22H18ClN7O2. The molecule has 0 aliphatic rings. The molecule has 10 heteroatoms. The average Bonchev–Trinajstić information content (AvgIpc) is 2.81. The zero-order valence-electron chi connectivity index (χ0n) is 17.0. The topological polar surface area (TPSA) is 118 Å². The fourth-order valence-electron chi connectivity index (χ4n) is 3.02. The molecule has 2 N–H and O–H groups in total. The zero-order chi connectivity index (χ0) is 22.5. The standard InChI is InChI=1S/C22H18ClN7O2/c1-30-17-5-3-2-4-16(17)18(12-19(30)31)32-22-28-20(25-11-10-23)27-21(29-22)26-15-8-6-14(13-24)7-9-15/h2-9,12H,10-11H2,1H3,(H2,25,26,27,28,29). The summed E-state index contributed by atoms with van der Waals surface area (Å²) in [6.07, 6.45) is 0. The van der Waals surface area contributed by atoms with Crippen LogP contribution in [-0.2, 0) is 7.05 Å². The van der Waals surface area contributed by atoms with Crippen molar-refractivity contribution in [1.29, 1.82) is 5.26 Å². The lowest BCUT2D eigenvalue weighted by atomic mass is 10.2. The zero-order valence-corrected chi connectivity index (χ0v) is 17.8. The van der Waals surface area contributed by atoms with Gasteiger partial charge in [-0.3, -0.25) is 4.79 Å². The molecule has 0 fully saturated rings. The number of ether oxygens (including phenoxy) is 1. The number of pyridine rings is 1. The number of fused-ring (bicyclic) bond motifs is 1. The summed E-state index contributed by atoms with van der Waals surface area (Å²) in [5, 5.41) is 15.8. The molecule has 0 amide bonds. The first-order valence-electron chi connectivity index (χ1n) is 9.67. The van der Waals surface area contributed by atoms with Crippen LogP contribution in [0.1, 0.15) is 5.56 Å². The van der Waals surface area contributed by atoms with Gasteiger partial charge in [0.25, 0.3) is 5.56 Å². The van der Waals surface area contributed by atoms with Crippen molar-refractivity contribution in [2.75, 3.05) is 23.1 Å². The van der Waals surface area contributed by atoms with E-state index in [1.54, 1.807) is 35.9 Å². The lowest BCUT2D eigenvalue weighted by molar-refractivity contribution is 0.445. The number of aryl methyl sites for hydroxylation is 1. The highest BCUT2D eigenvalue weighted by atomic mass is 35.5. The van der Waals surface area contributed by atoms with Crippen molar-refractivity contribution in [3.05, 3.63) is 70.5 Å². The van der Waals surface area contributed by atoms with Crippen molar-refractivity contribution in [2.45, 2.75) is 0 Å². The van der Waals surface area contributed by atoms with Gasteiger partial charge < -0.3 is 19.9 Å². The maximum absolute atomic E-state index is 12.4. The van der Waals surface area contributed by atoms with Crippen molar-refractivity contribution in [2.24, 2.45) is 7.05 Å². The van der Waals surface area contributed by atoms with Crippen LogP contribution in [0.15, 0.2) is 59.4 Å². The number of halogens is 1. The number of anilines is 3. The second kappa shape index (κ2) is 9.32. The molecule has 0 unspecified atom stereocenters. The van der Waals surface area contributed by atoms with Crippen LogP contribution in [0, 0.1) is 11.3 Å². The molecule has 0 saturated carbocycles. The van der Waals surface area contributed by atoms with Gasteiger partial charge in [0.1, 0.15) is 5.75 Å². The molecule has 0 aliphatic carbocycles. The molecular weight excluding hydrogens is 430 g/mol. The first kappa shape index (κ1) is 21.1. The Balaban J connectivity index is 1.71. The summed E-state index contributed by atoms with van der Waals surface area (Å²) in [6.45, 7) is 0.441. The van der Waals surface area contributed by atoms with Gasteiger partial charge in [0.2, 0.25) is 11.9 Å². The molecule has 0 atom stereocenters. The highest BCUT2D eigenvalue weighted by Crippen LogP contribution is 2.27. The van der Waals surface area contributed by atoms with E-state index < -0.39 is 0 Å². The van der Waals surface area contributed by atoms with Crippen molar-refractivity contribution in [3.63, 3.8) is 0 Å². The van der Waals surface area contributed by atoms with E-state index in [0.29, 0.717) is 29.4 Å². The summed E-state index contributed by atoms with van der Waals surface area (Å²) in [5.41, 5.74) is 1.73. The van der Waals surface area contributed by atoms with E-state index in [1.807, 2.05) is 24.3 Å². The third kappa shape index (κ3) is 4.61. The minimum Gasteiger partial charge on any atom is -0.423 e. The van der Waals surface area contributed by atoms with Crippen LogP contribution in [0.3, 0.4) is 0 Å². The molecule has 4 rings (SSSR count). The van der Waals surface area contributed by atoms with Gasteiger partial charge >= 0.3 is 6.01 Å². The Hall–Kier alpha value is -4.16. The van der Waals surface area contributed by atoms with Gasteiger partial charge in [-0.1, -0.05) is 12.1 Å². The van der Waals surface area contributed by atoms with E-state index in [2.05, 4.69) is 31.7 Å². The summed E-state index contributed by atoms with van der Waals surface area (Å²) < 4.78 is 7.47. The van der Waals surface area contributed by atoms with Gasteiger partial charge in [0, 0.05) is 36.6 Å². The molecule has 2 heterocycles. The van der Waals surface area contributed by atoms with Crippen molar-refractivity contribution >= 4 is 40.1 Å². The van der Waals surface area contributed by atoms with Crippen LogP contribution in [0.2, 0.25) is 0 Å². The van der Waals surface area contributed by atoms with Crippen LogP contribution >= 0.6 is 11.6 Å². The number of rotatable bonds is 7. The minimum atomic E-state index is -0.218. The van der Waals surface area contributed by atoms with Crippen molar-refractivity contribution in [1.82, 2.24) is 19.5 Å². The molecule has 2 aromatic carbocycles. The van der Waals surface area contributed by atoms with Crippen molar-refractivity contribution < 1.29 is 4.74 Å². The number of nitriles is 1. The number of alkyl halides is 1. The number of para-hydroxylation sites is 1. The third-order valence-electron chi connectivity index (χ3n) is 4.58. The summed E-state index contributed by atoms with van der Waals surface area (Å²) in [5.74, 6) is 1.19.